The maximum Gasteiger partial charge on any atom is 0.240 e. The zero-order chi connectivity index (χ0) is 18.7. The van der Waals surface area contributed by atoms with Gasteiger partial charge in [-0.05, 0) is 44.2 Å². The number of rotatable bonds is 6. The van der Waals surface area contributed by atoms with Crippen LogP contribution in [0.4, 0.5) is 0 Å². The first-order valence-electron chi connectivity index (χ1n) is 9.44. The van der Waals surface area contributed by atoms with Crippen molar-refractivity contribution < 1.29 is 13.2 Å². The molecule has 0 spiro atoms. The van der Waals surface area contributed by atoms with E-state index < -0.39 is 10.0 Å². The van der Waals surface area contributed by atoms with Crippen molar-refractivity contribution in [2.24, 2.45) is 5.92 Å². The number of carbonyl (C=O) groups excluding carboxylic acids is 1. The SMILES string of the molecule is Cc1ccc(S(=O)(=O)NCCN(C)C(=O)C2CC3CCCCC3N2)cc1.Cl. The van der Waals surface area contributed by atoms with Crippen molar-refractivity contribution in [3.05, 3.63) is 29.8 Å². The molecule has 1 amide bonds. The van der Waals surface area contributed by atoms with Crippen molar-refractivity contribution >= 4 is 28.3 Å². The van der Waals surface area contributed by atoms with Crippen LogP contribution in [0.15, 0.2) is 29.2 Å². The number of sulfonamides is 1. The number of fused-ring (bicyclic) bond motifs is 1. The van der Waals surface area contributed by atoms with Gasteiger partial charge in [-0.15, -0.1) is 12.4 Å². The number of hydrogen-bond acceptors (Lipinski definition) is 4. The molecule has 1 saturated carbocycles. The Morgan fingerprint density at radius 3 is 2.56 bits per heavy atom. The summed E-state index contributed by atoms with van der Waals surface area (Å²) in [4.78, 5) is 14.5. The molecule has 8 heteroatoms. The second-order valence-corrected chi connectivity index (χ2v) is 9.34. The van der Waals surface area contributed by atoms with Crippen molar-refractivity contribution in [1.29, 1.82) is 0 Å². The second-order valence-electron chi connectivity index (χ2n) is 7.58. The lowest BCUT2D eigenvalue weighted by Gasteiger charge is -2.24. The van der Waals surface area contributed by atoms with Gasteiger partial charge in [0.15, 0.2) is 0 Å². The maximum absolute atomic E-state index is 12.6. The lowest BCUT2D eigenvalue weighted by molar-refractivity contribution is -0.131. The molecule has 27 heavy (non-hydrogen) atoms. The Balaban J connectivity index is 0.00000261. The third-order valence-electron chi connectivity index (χ3n) is 5.61. The van der Waals surface area contributed by atoms with Crippen LogP contribution < -0.4 is 10.0 Å². The molecule has 1 aromatic rings. The number of aryl methyl sites for hydroxylation is 1. The van der Waals surface area contributed by atoms with Crippen LogP contribution in [0.3, 0.4) is 0 Å². The minimum absolute atomic E-state index is 0. The molecule has 1 aliphatic heterocycles. The summed E-state index contributed by atoms with van der Waals surface area (Å²) >= 11 is 0. The van der Waals surface area contributed by atoms with Crippen LogP contribution in [0.25, 0.3) is 0 Å². The topological polar surface area (TPSA) is 78.5 Å². The van der Waals surface area contributed by atoms with Crippen LogP contribution >= 0.6 is 12.4 Å². The van der Waals surface area contributed by atoms with Gasteiger partial charge in [0.2, 0.25) is 15.9 Å². The van der Waals surface area contributed by atoms with Gasteiger partial charge in [0, 0.05) is 26.2 Å². The standard InChI is InChI=1S/C19H29N3O3S.ClH/c1-14-7-9-16(10-8-14)26(24,25)20-11-12-22(2)19(23)18-13-15-5-3-4-6-17(15)21-18;/h7-10,15,17-18,20-21H,3-6,11-13H2,1-2H3;1H. The Kier molecular flexibility index (Phi) is 7.68. The van der Waals surface area contributed by atoms with E-state index in [0.29, 0.717) is 18.5 Å². The molecule has 2 fully saturated rings. The Labute approximate surface area is 168 Å². The summed E-state index contributed by atoms with van der Waals surface area (Å²) in [6.07, 6.45) is 5.78. The van der Waals surface area contributed by atoms with Gasteiger partial charge >= 0.3 is 0 Å². The fraction of sp³-hybridized carbons (Fsp3) is 0.632. The molecule has 1 aromatic carbocycles. The minimum Gasteiger partial charge on any atom is -0.343 e. The average Bonchev–Trinajstić information content (AvgIpc) is 3.05. The summed E-state index contributed by atoms with van der Waals surface area (Å²) in [5, 5.41) is 3.48. The van der Waals surface area contributed by atoms with E-state index in [9.17, 15) is 13.2 Å². The number of hydrogen-bond donors (Lipinski definition) is 2. The summed E-state index contributed by atoms with van der Waals surface area (Å²) in [6.45, 7) is 2.48. The number of nitrogens with zero attached hydrogens (tertiary/aromatic N) is 1. The molecule has 0 aromatic heterocycles. The van der Waals surface area contributed by atoms with Gasteiger partial charge in [0.25, 0.3) is 0 Å². The van der Waals surface area contributed by atoms with Crippen molar-refractivity contribution in [2.75, 3.05) is 20.1 Å². The van der Waals surface area contributed by atoms with Crippen molar-refractivity contribution in [3.8, 4) is 0 Å². The third-order valence-corrected chi connectivity index (χ3v) is 7.08. The molecule has 0 radical (unpaired) electrons. The smallest absolute Gasteiger partial charge is 0.240 e. The van der Waals surface area contributed by atoms with E-state index in [0.717, 1.165) is 18.4 Å². The second kappa shape index (κ2) is 9.37. The normalized spacial score (nSPS) is 24.7. The third kappa shape index (κ3) is 5.44. The van der Waals surface area contributed by atoms with E-state index in [2.05, 4.69) is 10.0 Å². The molecule has 0 bridgehead atoms. The Hall–Kier alpha value is -1.15. The van der Waals surface area contributed by atoms with E-state index in [1.807, 2.05) is 6.92 Å². The first-order valence-corrected chi connectivity index (χ1v) is 10.9. The summed E-state index contributed by atoms with van der Waals surface area (Å²) in [7, 11) is -1.80. The first-order chi connectivity index (χ1) is 12.4. The molecule has 6 nitrogen and oxygen atoms in total. The predicted molar refractivity (Wildman–Crippen MR) is 109 cm³/mol. The predicted octanol–water partition coefficient (Wildman–Crippen LogP) is 2.07. The molecule has 3 atom stereocenters. The molecule has 1 heterocycles. The summed E-state index contributed by atoms with van der Waals surface area (Å²) in [5.74, 6) is 0.681. The maximum atomic E-state index is 12.6. The zero-order valence-electron chi connectivity index (χ0n) is 16.0. The van der Waals surface area contributed by atoms with E-state index in [4.69, 9.17) is 0 Å². The Morgan fingerprint density at radius 1 is 1.22 bits per heavy atom. The van der Waals surface area contributed by atoms with E-state index in [1.165, 1.54) is 19.3 Å². The van der Waals surface area contributed by atoms with Gasteiger partial charge in [-0.2, -0.15) is 0 Å². The first kappa shape index (κ1) is 22.1. The average molecular weight is 416 g/mol. The Bertz CT molecular complexity index is 725. The van der Waals surface area contributed by atoms with Crippen molar-refractivity contribution in [1.82, 2.24) is 14.9 Å². The monoisotopic (exact) mass is 415 g/mol. The van der Waals surface area contributed by atoms with Gasteiger partial charge in [-0.25, -0.2) is 13.1 Å². The van der Waals surface area contributed by atoms with Crippen LogP contribution in [0, 0.1) is 12.8 Å². The number of benzene rings is 1. The number of nitrogens with one attached hydrogen (secondary N) is 2. The van der Waals surface area contributed by atoms with E-state index >= 15 is 0 Å². The number of amides is 1. The van der Waals surface area contributed by atoms with Gasteiger partial charge in [0.1, 0.15) is 0 Å². The van der Waals surface area contributed by atoms with E-state index in [-0.39, 0.29) is 35.8 Å². The highest BCUT2D eigenvalue weighted by Gasteiger charge is 2.39. The van der Waals surface area contributed by atoms with Gasteiger partial charge < -0.3 is 10.2 Å². The molecule has 2 aliphatic rings. The molecular weight excluding hydrogens is 386 g/mol. The van der Waals surface area contributed by atoms with Crippen LogP contribution in [-0.4, -0.2) is 51.4 Å². The number of likely N-dealkylation sites (N-methyl/N-ethyl adjacent to an activating group) is 1. The van der Waals surface area contributed by atoms with Gasteiger partial charge in [0.05, 0.1) is 10.9 Å². The highest BCUT2D eigenvalue weighted by Crippen LogP contribution is 2.33. The molecule has 1 aliphatic carbocycles. The number of halogens is 1. The molecule has 2 N–H and O–H groups in total. The fourth-order valence-electron chi connectivity index (χ4n) is 4.04. The summed E-state index contributed by atoms with van der Waals surface area (Å²) < 4.78 is 27.2. The van der Waals surface area contributed by atoms with Crippen molar-refractivity contribution in [2.45, 2.75) is 56.0 Å². The van der Waals surface area contributed by atoms with Crippen LogP contribution in [0.5, 0.6) is 0 Å². The zero-order valence-corrected chi connectivity index (χ0v) is 17.6. The molecule has 152 valence electrons. The lowest BCUT2D eigenvalue weighted by atomic mass is 9.85. The largest absolute Gasteiger partial charge is 0.343 e. The lowest BCUT2D eigenvalue weighted by Crippen LogP contribution is -2.46. The summed E-state index contributed by atoms with van der Waals surface area (Å²) in [5.41, 5.74) is 1.01. The molecule has 3 unspecified atom stereocenters. The van der Waals surface area contributed by atoms with Crippen molar-refractivity contribution in [3.63, 3.8) is 0 Å². The van der Waals surface area contributed by atoms with Crippen LogP contribution in [0.2, 0.25) is 0 Å². The number of carbonyl (C=O) groups is 1. The highest BCUT2D eigenvalue weighted by atomic mass is 35.5. The van der Waals surface area contributed by atoms with Gasteiger partial charge in [-0.3, -0.25) is 4.79 Å². The molecular formula is C19H30ClN3O3S. The van der Waals surface area contributed by atoms with Gasteiger partial charge in [-0.1, -0.05) is 30.5 Å². The molecule has 1 saturated heterocycles. The molecule has 3 rings (SSSR count). The van der Waals surface area contributed by atoms with Crippen LogP contribution in [0.1, 0.15) is 37.7 Å². The minimum atomic E-state index is -3.54. The summed E-state index contributed by atoms with van der Waals surface area (Å²) in [6, 6.07) is 7.09. The Morgan fingerprint density at radius 2 is 1.89 bits per heavy atom. The highest BCUT2D eigenvalue weighted by molar-refractivity contribution is 7.89. The fourth-order valence-corrected chi connectivity index (χ4v) is 5.06. The van der Waals surface area contributed by atoms with Crippen LogP contribution in [-0.2, 0) is 14.8 Å². The van der Waals surface area contributed by atoms with E-state index in [1.54, 1.807) is 36.2 Å². The quantitative estimate of drug-likeness (QED) is 0.745.